The number of allylic oxidation sites excluding steroid dienone is 2. The van der Waals surface area contributed by atoms with E-state index in [9.17, 15) is 0 Å². The van der Waals surface area contributed by atoms with E-state index < -0.39 is 0 Å². The Bertz CT molecular complexity index is 1640. The highest BCUT2D eigenvalue weighted by molar-refractivity contribution is 5.85. The van der Waals surface area contributed by atoms with E-state index in [-0.39, 0.29) is 17.3 Å². The van der Waals surface area contributed by atoms with Crippen molar-refractivity contribution in [1.29, 1.82) is 0 Å². The first-order chi connectivity index (χ1) is 19.6. The average molecular weight is 515 g/mol. The Morgan fingerprint density at radius 1 is 0.450 bits per heavy atom. The van der Waals surface area contributed by atoms with E-state index in [1.54, 1.807) is 0 Å². The third-order valence-corrected chi connectivity index (χ3v) is 9.32. The van der Waals surface area contributed by atoms with Crippen LogP contribution in [0.1, 0.15) is 60.4 Å². The van der Waals surface area contributed by atoms with Crippen molar-refractivity contribution in [3.05, 3.63) is 166 Å². The van der Waals surface area contributed by atoms with Crippen LogP contribution in [0.5, 0.6) is 0 Å². The first-order valence-corrected chi connectivity index (χ1v) is 14.4. The van der Waals surface area contributed by atoms with Crippen molar-refractivity contribution in [2.75, 3.05) is 0 Å². The molecule has 0 saturated carbocycles. The van der Waals surface area contributed by atoms with Crippen LogP contribution >= 0.6 is 0 Å². The second-order valence-corrected chi connectivity index (χ2v) is 11.6. The molecular formula is C40H34. The molecule has 0 N–H and O–H groups in total. The number of benzene rings is 5. The molecule has 2 unspecified atom stereocenters. The maximum Gasteiger partial charge on any atom is 0.0158 e. The SMILES string of the molecule is CC1=Cc2c(-c3ccccc3)cccc2C1C(C)(c1ccccc1)C1C(C)=Cc2c(-c3ccccc3)cccc21. The highest BCUT2D eigenvalue weighted by Gasteiger charge is 2.49. The molecule has 0 bridgehead atoms. The van der Waals surface area contributed by atoms with Gasteiger partial charge in [0.15, 0.2) is 0 Å². The van der Waals surface area contributed by atoms with Crippen LogP contribution in [0.2, 0.25) is 0 Å². The lowest BCUT2D eigenvalue weighted by Crippen LogP contribution is -2.37. The molecule has 0 nitrogen and oxygen atoms in total. The first kappa shape index (κ1) is 24.6. The third-order valence-electron chi connectivity index (χ3n) is 9.32. The summed E-state index contributed by atoms with van der Waals surface area (Å²) in [6.07, 6.45) is 4.91. The van der Waals surface area contributed by atoms with Crippen molar-refractivity contribution in [1.82, 2.24) is 0 Å². The predicted octanol–water partition coefficient (Wildman–Crippen LogP) is 10.7. The van der Waals surface area contributed by atoms with E-state index in [1.165, 1.54) is 61.2 Å². The quantitative estimate of drug-likeness (QED) is 0.219. The van der Waals surface area contributed by atoms with Gasteiger partial charge in [0.1, 0.15) is 0 Å². The number of fused-ring (bicyclic) bond motifs is 2. The lowest BCUT2D eigenvalue weighted by atomic mass is 9.58. The summed E-state index contributed by atoms with van der Waals surface area (Å²) in [7, 11) is 0. The Labute approximate surface area is 238 Å². The zero-order chi connectivity index (χ0) is 27.3. The van der Waals surface area contributed by atoms with Gasteiger partial charge in [-0.25, -0.2) is 0 Å². The first-order valence-electron chi connectivity index (χ1n) is 14.4. The van der Waals surface area contributed by atoms with Gasteiger partial charge in [-0.15, -0.1) is 0 Å². The summed E-state index contributed by atoms with van der Waals surface area (Å²) in [6, 6.07) is 46.7. The van der Waals surface area contributed by atoms with E-state index in [0.717, 1.165) is 0 Å². The number of hydrogen-bond donors (Lipinski definition) is 0. The molecule has 5 aromatic carbocycles. The molecule has 0 heteroatoms. The molecule has 7 rings (SSSR count). The van der Waals surface area contributed by atoms with Gasteiger partial charge in [-0.2, -0.15) is 0 Å². The van der Waals surface area contributed by atoms with Crippen LogP contribution in [0.15, 0.2) is 139 Å². The van der Waals surface area contributed by atoms with Crippen molar-refractivity contribution in [3.8, 4) is 22.3 Å². The average Bonchev–Trinajstić information content (AvgIpc) is 3.54. The van der Waals surface area contributed by atoms with Gasteiger partial charge in [-0.3, -0.25) is 0 Å². The normalized spacial score (nSPS) is 18.9. The Morgan fingerprint density at radius 2 is 0.850 bits per heavy atom. The third kappa shape index (κ3) is 3.74. The summed E-state index contributed by atoms with van der Waals surface area (Å²) in [5.41, 5.74) is 14.9. The molecule has 40 heavy (non-hydrogen) atoms. The summed E-state index contributed by atoms with van der Waals surface area (Å²) < 4.78 is 0. The van der Waals surface area contributed by atoms with Crippen molar-refractivity contribution in [2.45, 2.75) is 38.0 Å². The molecule has 0 aromatic heterocycles. The molecule has 2 aliphatic rings. The molecule has 0 amide bonds. The predicted molar refractivity (Wildman–Crippen MR) is 170 cm³/mol. The summed E-state index contributed by atoms with van der Waals surface area (Å²) in [5.74, 6) is 0.515. The summed E-state index contributed by atoms with van der Waals surface area (Å²) in [4.78, 5) is 0. The molecule has 0 spiro atoms. The summed E-state index contributed by atoms with van der Waals surface area (Å²) >= 11 is 0. The topological polar surface area (TPSA) is 0 Å². The van der Waals surface area contributed by atoms with Gasteiger partial charge in [0.25, 0.3) is 0 Å². The molecule has 2 atom stereocenters. The van der Waals surface area contributed by atoms with Crippen molar-refractivity contribution >= 4 is 12.2 Å². The minimum atomic E-state index is -0.177. The minimum Gasteiger partial charge on any atom is -0.0643 e. The molecule has 0 radical (unpaired) electrons. The van der Waals surface area contributed by atoms with Crippen LogP contribution in [0.25, 0.3) is 34.4 Å². The van der Waals surface area contributed by atoms with E-state index in [1.807, 2.05) is 0 Å². The van der Waals surface area contributed by atoms with Crippen LogP contribution in [0.3, 0.4) is 0 Å². The zero-order valence-electron chi connectivity index (χ0n) is 23.4. The molecule has 0 aliphatic heterocycles. The van der Waals surface area contributed by atoms with Crippen LogP contribution in [-0.2, 0) is 5.41 Å². The Kier molecular flexibility index (Phi) is 5.93. The number of rotatable bonds is 5. The molecule has 2 aliphatic carbocycles. The lowest BCUT2D eigenvalue weighted by Gasteiger charge is -2.44. The van der Waals surface area contributed by atoms with E-state index >= 15 is 0 Å². The van der Waals surface area contributed by atoms with Gasteiger partial charge in [0.2, 0.25) is 0 Å². The molecule has 194 valence electrons. The van der Waals surface area contributed by atoms with E-state index in [0.29, 0.717) is 0 Å². The smallest absolute Gasteiger partial charge is 0.0158 e. The fourth-order valence-electron chi connectivity index (χ4n) is 7.73. The van der Waals surface area contributed by atoms with Gasteiger partial charge in [0, 0.05) is 17.3 Å². The summed E-state index contributed by atoms with van der Waals surface area (Å²) in [5, 5.41) is 0. The van der Waals surface area contributed by atoms with Crippen LogP contribution in [0, 0.1) is 0 Å². The van der Waals surface area contributed by atoms with E-state index in [4.69, 9.17) is 0 Å². The van der Waals surface area contributed by atoms with Crippen LogP contribution in [0.4, 0.5) is 0 Å². The largest absolute Gasteiger partial charge is 0.0643 e. The molecule has 0 heterocycles. The van der Waals surface area contributed by atoms with Gasteiger partial charge in [-0.05, 0) is 63.9 Å². The van der Waals surface area contributed by atoms with E-state index in [2.05, 4.69) is 160 Å². The van der Waals surface area contributed by atoms with Crippen molar-refractivity contribution in [3.63, 3.8) is 0 Å². The Balaban J connectivity index is 1.45. The highest BCUT2D eigenvalue weighted by atomic mass is 14.5. The fraction of sp³-hybridized carbons (Fsp3) is 0.150. The van der Waals surface area contributed by atoms with Crippen molar-refractivity contribution < 1.29 is 0 Å². The zero-order valence-corrected chi connectivity index (χ0v) is 23.4. The van der Waals surface area contributed by atoms with Gasteiger partial charge in [-0.1, -0.05) is 158 Å². The fourth-order valence-corrected chi connectivity index (χ4v) is 7.73. The van der Waals surface area contributed by atoms with Crippen LogP contribution in [-0.4, -0.2) is 0 Å². The Hall–Kier alpha value is -4.42. The Morgan fingerprint density at radius 3 is 1.27 bits per heavy atom. The highest BCUT2D eigenvalue weighted by Crippen LogP contribution is 2.60. The second-order valence-electron chi connectivity index (χ2n) is 11.6. The molecular weight excluding hydrogens is 480 g/mol. The number of hydrogen-bond acceptors (Lipinski definition) is 0. The van der Waals surface area contributed by atoms with Crippen molar-refractivity contribution in [2.24, 2.45) is 0 Å². The second kappa shape index (κ2) is 9.65. The molecule has 0 fully saturated rings. The maximum atomic E-state index is 2.51. The van der Waals surface area contributed by atoms with Gasteiger partial charge >= 0.3 is 0 Å². The van der Waals surface area contributed by atoms with Gasteiger partial charge in [0.05, 0.1) is 0 Å². The minimum absolute atomic E-state index is 0.177. The molecule has 0 saturated heterocycles. The van der Waals surface area contributed by atoms with Gasteiger partial charge < -0.3 is 0 Å². The standard InChI is InChI=1S/C40H34/c1-27-25-36-32(29-15-7-4-8-16-29)21-13-23-34(36)38(27)40(3,31-19-11-6-12-20-31)39-28(2)26-37-33(22-14-24-35(37)39)30-17-9-5-10-18-30/h4-26,38-39H,1-3H3. The maximum absolute atomic E-state index is 2.51. The monoisotopic (exact) mass is 514 g/mol. The molecule has 5 aromatic rings. The summed E-state index contributed by atoms with van der Waals surface area (Å²) in [6.45, 7) is 7.20. The lowest BCUT2D eigenvalue weighted by molar-refractivity contribution is 0.366. The van der Waals surface area contributed by atoms with Crippen LogP contribution < -0.4 is 0 Å².